The average molecular weight is 341 g/mol. The van der Waals surface area contributed by atoms with Crippen LogP contribution in [0.15, 0.2) is 65.1 Å². The Bertz CT molecular complexity index is 759. The van der Waals surface area contributed by atoms with Crippen LogP contribution >= 0.6 is 15.9 Å². The largest absolute Gasteiger partial charge is 0.308 e. The van der Waals surface area contributed by atoms with Gasteiger partial charge < -0.3 is 5.43 Å². The summed E-state index contributed by atoms with van der Waals surface area (Å²) in [6.45, 7) is 0. The molecule has 5 heteroatoms. The van der Waals surface area contributed by atoms with Crippen LogP contribution in [0.25, 0.3) is 22.6 Å². The molecule has 0 unspecified atom stereocenters. The number of anilines is 1. The van der Waals surface area contributed by atoms with E-state index in [9.17, 15) is 0 Å². The first kappa shape index (κ1) is 13.7. The van der Waals surface area contributed by atoms with Crippen LogP contribution in [0.2, 0.25) is 0 Å². The van der Waals surface area contributed by atoms with Gasteiger partial charge in [-0.25, -0.2) is 15.8 Å². The van der Waals surface area contributed by atoms with Gasteiger partial charge in [0.25, 0.3) is 0 Å². The Hall–Kier alpha value is -2.24. The van der Waals surface area contributed by atoms with Crippen molar-refractivity contribution >= 4 is 21.7 Å². The zero-order valence-electron chi connectivity index (χ0n) is 11.1. The van der Waals surface area contributed by atoms with Crippen LogP contribution in [-0.2, 0) is 0 Å². The van der Waals surface area contributed by atoms with Gasteiger partial charge in [-0.15, -0.1) is 0 Å². The van der Waals surface area contributed by atoms with Gasteiger partial charge in [0, 0.05) is 21.7 Å². The molecule has 104 valence electrons. The van der Waals surface area contributed by atoms with Crippen LogP contribution in [0.1, 0.15) is 0 Å². The Morgan fingerprint density at radius 2 is 1.62 bits per heavy atom. The van der Waals surface area contributed by atoms with E-state index < -0.39 is 0 Å². The molecule has 0 saturated carbocycles. The summed E-state index contributed by atoms with van der Waals surface area (Å²) in [4.78, 5) is 9.06. The molecule has 0 aliphatic carbocycles. The van der Waals surface area contributed by atoms with Crippen LogP contribution in [0.5, 0.6) is 0 Å². The third-order valence-electron chi connectivity index (χ3n) is 3.03. The summed E-state index contributed by atoms with van der Waals surface area (Å²) in [5.41, 5.74) is 5.38. The van der Waals surface area contributed by atoms with Gasteiger partial charge in [-0.3, -0.25) is 0 Å². The van der Waals surface area contributed by atoms with E-state index in [4.69, 9.17) is 5.84 Å². The van der Waals surface area contributed by atoms with Crippen molar-refractivity contribution in [2.75, 3.05) is 5.43 Å². The number of nitrogens with one attached hydrogen (secondary N) is 1. The van der Waals surface area contributed by atoms with Gasteiger partial charge in [-0.2, -0.15) is 0 Å². The predicted octanol–water partition coefficient (Wildman–Crippen LogP) is 3.86. The molecule has 0 amide bonds. The summed E-state index contributed by atoms with van der Waals surface area (Å²) in [6.07, 6.45) is 0. The second-order valence-electron chi connectivity index (χ2n) is 4.48. The normalized spacial score (nSPS) is 10.4. The molecule has 0 fully saturated rings. The van der Waals surface area contributed by atoms with E-state index >= 15 is 0 Å². The first-order valence-electron chi connectivity index (χ1n) is 6.43. The smallest absolute Gasteiger partial charge is 0.162 e. The second kappa shape index (κ2) is 6.03. The summed E-state index contributed by atoms with van der Waals surface area (Å²) in [7, 11) is 0. The molecular weight excluding hydrogens is 328 g/mol. The summed E-state index contributed by atoms with van der Waals surface area (Å²) in [5, 5.41) is 0. The molecule has 0 radical (unpaired) electrons. The van der Waals surface area contributed by atoms with Crippen molar-refractivity contribution in [2.45, 2.75) is 0 Å². The number of rotatable bonds is 3. The van der Waals surface area contributed by atoms with Crippen molar-refractivity contribution < 1.29 is 0 Å². The van der Waals surface area contributed by atoms with Gasteiger partial charge in [-0.05, 0) is 12.1 Å². The maximum Gasteiger partial charge on any atom is 0.162 e. The number of aromatic nitrogens is 2. The van der Waals surface area contributed by atoms with Crippen LogP contribution in [0.4, 0.5) is 5.82 Å². The summed E-state index contributed by atoms with van der Waals surface area (Å²) in [6, 6.07) is 19.6. The summed E-state index contributed by atoms with van der Waals surface area (Å²) < 4.78 is 0.982. The van der Waals surface area contributed by atoms with E-state index in [0.717, 1.165) is 21.3 Å². The number of halogens is 1. The number of hydrazine groups is 1. The van der Waals surface area contributed by atoms with Gasteiger partial charge in [0.2, 0.25) is 0 Å². The summed E-state index contributed by atoms with van der Waals surface area (Å²) >= 11 is 3.46. The van der Waals surface area contributed by atoms with Crippen molar-refractivity contribution in [1.29, 1.82) is 0 Å². The molecule has 0 atom stereocenters. The Kier molecular flexibility index (Phi) is 3.94. The maximum atomic E-state index is 5.52. The molecule has 2 aromatic carbocycles. The number of hydrogen-bond acceptors (Lipinski definition) is 4. The van der Waals surface area contributed by atoms with Crippen LogP contribution in [0.3, 0.4) is 0 Å². The lowest BCUT2D eigenvalue weighted by molar-refractivity contribution is 1.15. The van der Waals surface area contributed by atoms with Crippen LogP contribution in [-0.4, -0.2) is 9.97 Å². The van der Waals surface area contributed by atoms with E-state index in [-0.39, 0.29) is 0 Å². The monoisotopic (exact) mass is 340 g/mol. The van der Waals surface area contributed by atoms with E-state index in [0.29, 0.717) is 11.6 Å². The van der Waals surface area contributed by atoms with Crippen molar-refractivity contribution in [2.24, 2.45) is 5.84 Å². The van der Waals surface area contributed by atoms with Crippen molar-refractivity contribution in [3.8, 4) is 22.6 Å². The number of hydrogen-bond donors (Lipinski definition) is 2. The zero-order chi connectivity index (χ0) is 14.7. The molecule has 0 aliphatic rings. The first-order valence-corrected chi connectivity index (χ1v) is 7.22. The van der Waals surface area contributed by atoms with E-state index in [1.807, 2.05) is 60.7 Å². The number of nitrogen functional groups attached to an aromatic ring is 1. The van der Waals surface area contributed by atoms with Crippen molar-refractivity contribution in [1.82, 2.24) is 9.97 Å². The standard InChI is InChI=1S/C16H13BrN4/c17-13-8-4-7-12(9-13)16-19-14(10-15(20-16)21-18)11-5-2-1-3-6-11/h1-10H,18H2,(H,19,20,21). The third-order valence-corrected chi connectivity index (χ3v) is 3.52. The summed E-state index contributed by atoms with van der Waals surface area (Å²) in [5.74, 6) is 6.74. The first-order chi connectivity index (χ1) is 10.3. The Balaban J connectivity index is 2.14. The highest BCUT2D eigenvalue weighted by atomic mass is 79.9. The molecule has 1 heterocycles. The lowest BCUT2D eigenvalue weighted by atomic mass is 10.1. The molecule has 1 aromatic heterocycles. The minimum Gasteiger partial charge on any atom is -0.308 e. The quantitative estimate of drug-likeness (QED) is 0.561. The van der Waals surface area contributed by atoms with Crippen molar-refractivity contribution in [3.05, 3.63) is 65.1 Å². The average Bonchev–Trinajstić information content (AvgIpc) is 2.55. The second-order valence-corrected chi connectivity index (χ2v) is 5.40. The highest BCUT2D eigenvalue weighted by Gasteiger charge is 2.08. The molecule has 0 spiro atoms. The third kappa shape index (κ3) is 3.09. The molecule has 3 rings (SSSR count). The molecule has 3 N–H and O–H groups in total. The number of nitrogens with zero attached hydrogens (tertiary/aromatic N) is 2. The molecule has 4 nitrogen and oxygen atoms in total. The van der Waals surface area contributed by atoms with Gasteiger partial charge in [0.15, 0.2) is 5.82 Å². The Labute approximate surface area is 131 Å². The minimum atomic E-state index is 0.582. The van der Waals surface area contributed by atoms with E-state index in [2.05, 4.69) is 31.3 Å². The minimum absolute atomic E-state index is 0.582. The van der Waals surface area contributed by atoms with Crippen LogP contribution < -0.4 is 11.3 Å². The zero-order valence-corrected chi connectivity index (χ0v) is 12.7. The van der Waals surface area contributed by atoms with Gasteiger partial charge in [0.1, 0.15) is 5.82 Å². The van der Waals surface area contributed by atoms with Crippen LogP contribution in [0, 0.1) is 0 Å². The fraction of sp³-hybridized carbons (Fsp3) is 0. The number of benzene rings is 2. The maximum absolute atomic E-state index is 5.52. The molecule has 3 aromatic rings. The van der Waals surface area contributed by atoms with Crippen molar-refractivity contribution in [3.63, 3.8) is 0 Å². The topological polar surface area (TPSA) is 63.8 Å². The highest BCUT2D eigenvalue weighted by molar-refractivity contribution is 9.10. The molecular formula is C16H13BrN4. The Morgan fingerprint density at radius 1 is 0.857 bits per heavy atom. The fourth-order valence-electron chi connectivity index (χ4n) is 2.03. The lowest BCUT2D eigenvalue weighted by Gasteiger charge is -2.08. The molecule has 0 bridgehead atoms. The SMILES string of the molecule is NNc1cc(-c2ccccc2)nc(-c2cccc(Br)c2)n1. The number of nitrogens with two attached hydrogens (primary N) is 1. The van der Waals surface area contributed by atoms with E-state index in [1.165, 1.54) is 0 Å². The lowest BCUT2D eigenvalue weighted by Crippen LogP contribution is -2.09. The van der Waals surface area contributed by atoms with Gasteiger partial charge >= 0.3 is 0 Å². The Morgan fingerprint density at radius 3 is 2.33 bits per heavy atom. The predicted molar refractivity (Wildman–Crippen MR) is 88.4 cm³/mol. The molecule has 0 saturated heterocycles. The fourth-order valence-corrected chi connectivity index (χ4v) is 2.43. The highest BCUT2D eigenvalue weighted by Crippen LogP contribution is 2.25. The van der Waals surface area contributed by atoms with Gasteiger partial charge in [-0.1, -0.05) is 58.4 Å². The van der Waals surface area contributed by atoms with E-state index in [1.54, 1.807) is 0 Å². The molecule has 21 heavy (non-hydrogen) atoms. The molecule has 0 aliphatic heterocycles. The van der Waals surface area contributed by atoms with Gasteiger partial charge in [0.05, 0.1) is 5.69 Å².